The molecule has 3 aromatic rings. The number of ether oxygens (including phenoxy) is 2. The maximum absolute atomic E-state index is 10.9. The monoisotopic (exact) mass is 431 g/mol. The Labute approximate surface area is 162 Å². The van der Waals surface area contributed by atoms with Crippen LogP contribution in [0, 0.1) is 0 Å². The summed E-state index contributed by atoms with van der Waals surface area (Å²) in [4.78, 5) is 21.9. The number of nitrogens with zero attached hydrogens (tertiary/aromatic N) is 3. The van der Waals surface area contributed by atoms with E-state index in [9.17, 15) is 9.59 Å². The Morgan fingerprint density at radius 1 is 1.30 bits per heavy atom. The maximum Gasteiger partial charge on any atom is 0.335 e. The maximum atomic E-state index is 10.9. The summed E-state index contributed by atoms with van der Waals surface area (Å²) in [6.07, 6.45) is 2.40. The summed E-state index contributed by atoms with van der Waals surface area (Å²) < 4.78 is 13.1. The van der Waals surface area contributed by atoms with Crippen LogP contribution in [0.2, 0.25) is 0 Å². The topological polar surface area (TPSA) is 104 Å². The van der Waals surface area contributed by atoms with Gasteiger partial charge < -0.3 is 14.6 Å². The molecule has 1 aromatic heterocycles. The van der Waals surface area contributed by atoms with Crippen molar-refractivity contribution in [2.24, 2.45) is 0 Å². The molecule has 0 unspecified atom stereocenters. The predicted octanol–water partition coefficient (Wildman–Crippen LogP) is 3.13. The van der Waals surface area contributed by atoms with E-state index in [1.807, 2.05) is 0 Å². The zero-order valence-electron chi connectivity index (χ0n) is 14.1. The minimum Gasteiger partial charge on any atom is -0.493 e. The number of carboxylic acid groups (broad SMARTS) is 1. The molecule has 2 aromatic carbocycles. The Morgan fingerprint density at radius 3 is 2.67 bits per heavy atom. The van der Waals surface area contributed by atoms with Crippen molar-refractivity contribution in [3.63, 3.8) is 0 Å². The largest absolute Gasteiger partial charge is 0.493 e. The van der Waals surface area contributed by atoms with Gasteiger partial charge in [-0.2, -0.15) is 0 Å². The summed E-state index contributed by atoms with van der Waals surface area (Å²) >= 11 is 3.36. The van der Waals surface area contributed by atoms with E-state index in [2.05, 4.69) is 26.2 Å². The minimum absolute atomic E-state index is 0.128. The highest BCUT2D eigenvalue weighted by molar-refractivity contribution is 9.10. The standard InChI is InChI=1S/C18H14BrN3O5/c1-26-16-7-11(9-23)6-15(19)17(16)27-10-13-8-22(21-20-13)14-4-2-12(3-5-14)18(24)25/h2-9H,10H2,1H3,(H,24,25). The SMILES string of the molecule is COc1cc(C=O)cc(Br)c1OCc1cn(-c2ccc(C(=O)O)cc2)nn1. The van der Waals surface area contributed by atoms with Crippen LogP contribution in [0.25, 0.3) is 5.69 Å². The molecule has 0 fully saturated rings. The average molecular weight is 432 g/mol. The van der Waals surface area contributed by atoms with Crippen molar-refractivity contribution in [2.75, 3.05) is 7.11 Å². The normalized spacial score (nSPS) is 10.4. The molecule has 8 nitrogen and oxygen atoms in total. The first-order chi connectivity index (χ1) is 13.0. The summed E-state index contributed by atoms with van der Waals surface area (Å²) in [5.74, 6) is -0.124. The number of aromatic carboxylic acids is 1. The van der Waals surface area contributed by atoms with Gasteiger partial charge in [0.2, 0.25) is 0 Å². The molecular formula is C18H14BrN3O5. The highest BCUT2D eigenvalue weighted by Gasteiger charge is 2.13. The van der Waals surface area contributed by atoms with Crippen LogP contribution in [0.3, 0.4) is 0 Å². The molecule has 27 heavy (non-hydrogen) atoms. The molecule has 1 heterocycles. The van der Waals surface area contributed by atoms with Gasteiger partial charge in [0.05, 0.1) is 29.0 Å². The molecule has 0 aliphatic rings. The van der Waals surface area contributed by atoms with Crippen molar-refractivity contribution in [3.05, 3.63) is 63.9 Å². The van der Waals surface area contributed by atoms with E-state index in [4.69, 9.17) is 14.6 Å². The number of carbonyl (C=O) groups is 2. The van der Waals surface area contributed by atoms with Crippen LogP contribution in [0.4, 0.5) is 0 Å². The van der Waals surface area contributed by atoms with Crippen LogP contribution in [0.1, 0.15) is 26.4 Å². The van der Waals surface area contributed by atoms with Gasteiger partial charge in [0, 0.05) is 5.56 Å². The molecule has 3 rings (SSSR count). The van der Waals surface area contributed by atoms with Gasteiger partial charge in [-0.15, -0.1) is 5.10 Å². The summed E-state index contributed by atoms with van der Waals surface area (Å²) in [7, 11) is 1.49. The zero-order chi connectivity index (χ0) is 19.4. The molecule has 138 valence electrons. The number of aldehydes is 1. The Bertz CT molecular complexity index is 985. The molecule has 0 amide bonds. The quantitative estimate of drug-likeness (QED) is 0.572. The van der Waals surface area contributed by atoms with E-state index in [-0.39, 0.29) is 12.2 Å². The van der Waals surface area contributed by atoms with Crippen molar-refractivity contribution in [2.45, 2.75) is 6.61 Å². The molecule has 0 saturated carbocycles. The summed E-state index contributed by atoms with van der Waals surface area (Å²) in [6, 6.07) is 9.47. The molecular weight excluding hydrogens is 418 g/mol. The number of hydrogen-bond donors (Lipinski definition) is 1. The van der Waals surface area contributed by atoms with E-state index in [1.54, 1.807) is 30.5 Å². The van der Waals surface area contributed by atoms with Gasteiger partial charge >= 0.3 is 5.97 Å². The molecule has 0 aliphatic heterocycles. The first-order valence-corrected chi connectivity index (χ1v) is 8.51. The van der Waals surface area contributed by atoms with Gasteiger partial charge in [-0.25, -0.2) is 9.48 Å². The fourth-order valence-corrected chi connectivity index (χ4v) is 2.92. The van der Waals surface area contributed by atoms with Gasteiger partial charge in [0.15, 0.2) is 11.5 Å². The van der Waals surface area contributed by atoms with E-state index in [0.29, 0.717) is 32.9 Å². The predicted molar refractivity (Wildman–Crippen MR) is 98.7 cm³/mol. The first-order valence-electron chi connectivity index (χ1n) is 7.72. The number of carboxylic acids is 1. The molecule has 1 N–H and O–H groups in total. The van der Waals surface area contributed by atoms with E-state index < -0.39 is 5.97 Å². The van der Waals surface area contributed by atoms with Crippen LogP contribution >= 0.6 is 15.9 Å². The van der Waals surface area contributed by atoms with Crippen molar-refractivity contribution >= 4 is 28.2 Å². The van der Waals surface area contributed by atoms with Crippen LogP contribution in [-0.4, -0.2) is 39.5 Å². The van der Waals surface area contributed by atoms with Gasteiger partial charge in [0.1, 0.15) is 18.6 Å². The molecule has 0 radical (unpaired) electrons. The van der Waals surface area contributed by atoms with Gasteiger partial charge in [0.25, 0.3) is 0 Å². The third-order valence-electron chi connectivity index (χ3n) is 3.67. The third kappa shape index (κ3) is 4.14. The third-order valence-corrected chi connectivity index (χ3v) is 4.26. The number of benzene rings is 2. The summed E-state index contributed by atoms with van der Waals surface area (Å²) in [6.45, 7) is 0.128. The lowest BCUT2D eigenvalue weighted by Crippen LogP contribution is -2.00. The van der Waals surface area contributed by atoms with E-state index in [0.717, 1.165) is 6.29 Å². The first kappa shape index (κ1) is 18.6. The average Bonchev–Trinajstić information content (AvgIpc) is 3.15. The van der Waals surface area contributed by atoms with E-state index >= 15 is 0 Å². The Hall–Kier alpha value is -3.20. The summed E-state index contributed by atoms with van der Waals surface area (Å²) in [5, 5.41) is 17.0. The fraction of sp³-hybridized carbons (Fsp3) is 0.111. The second-order valence-corrected chi connectivity index (χ2v) is 6.30. The molecule has 0 spiro atoms. The summed E-state index contributed by atoms with van der Waals surface area (Å²) in [5.41, 5.74) is 1.89. The number of aromatic nitrogens is 3. The van der Waals surface area contributed by atoms with Crippen molar-refractivity contribution in [3.8, 4) is 17.2 Å². The Kier molecular flexibility index (Phi) is 5.51. The number of carbonyl (C=O) groups excluding carboxylic acids is 1. The molecule has 0 atom stereocenters. The van der Waals surface area contributed by atoms with Crippen molar-refractivity contribution < 1.29 is 24.2 Å². The van der Waals surface area contributed by atoms with E-state index in [1.165, 1.54) is 23.9 Å². The second-order valence-electron chi connectivity index (χ2n) is 5.45. The smallest absolute Gasteiger partial charge is 0.335 e. The number of hydrogen-bond acceptors (Lipinski definition) is 6. The number of rotatable bonds is 7. The lowest BCUT2D eigenvalue weighted by Gasteiger charge is -2.12. The highest BCUT2D eigenvalue weighted by atomic mass is 79.9. The van der Waals surface area contributed by atoms with Gasteiger partial charge in [-0.1, -0.05) is 5.21 Å². The highest BCUT2D eigenvalue weighted by Crippen LogP contribution is 2.36. The zero-order valence-corrected chi connectivity index (χ0v) is 15.7. The Balaban J connectivity index is 1.75. The van der Waals surface area contributed by atoms with Crippen LogP contribution in [-0.2, 0) is 6.61 Å². The Morgan fingerprint density at radius 2 is 2.04 bits per heavy atom. The lowest BCUT2D eigenvalue weighted by atomic mass is 10.2. The van der Waals surface area contributed by atoms with Crippen LogP contribution < -0.4 is 9.47 Å². The van der Waals surface area contributed by atoms with Crippen LogP contribution in [0.5, 0.6) is 11.5 Å². The fourth-order valence-electron chi connectivity index (χ4n) is 2.34. The molecule has 9 heteroatoms. The molecule has 0 aliphatic carbocycles. The number of methoxy groups -OCH3 is 1. The molecule has 0 saturated heterocycles. The van der Waals surface area contributed by atoms with Gasteiger partial charge in [-0.3, -0.25) is 4.79 Å². The van der Waals surface area contributed by atoms with Crippen LogP contribution in [0.15, 0.2) is 47.1 Å². The molecule has 0 bridgehead atoms. The van der Waals surface area contributed by atoms with Crippen molar-refractivity contribution in [1.29, 1.82) is 0 Å². The second kappa shape index (κ2) is 8.00. The number of halogens is 1. The minimum atomic E-state index is -0.991. The van der Waals surface area contributed by atoms with Crippen molar-refractivity contribution in [1.82, 2.24) is 15.0 Å². The van der Waals surface area contributed by atoms with Gasteiger partial charge in [-0.05, 0) is 52.3 Å². The lowest BCUT2D eigenvalue weighted by molar-refractivity contribution is 0.0696.